The van der Waals surface area contributed by atoms with E-state index in [0.29, 0.717) is 5.57 Å². The minimum Gasteiger partial charge on any atom is -0.298 e. The highest BCUT2D eigenvalue weighted by molar-refractivity contribution is 6.38. The highest BCUT2D eigenvalue weighted by Crippen LogP contribution is 2.56. The van der Waals surface area contributed by atoms with E-state index in [4.69, 9.17) is 0 Å². The van der Waals surface area contributed by atoms with Crippen molar-refractivity contribution in [1.29, 1.82) is 0 Å². The van der Waals surface area contributed by atoms with Crippen molar-refractivity contribution in [3.8, 4) is 0 Å². The van der Waals surface area contributed by atoms with Crippen LogP contribution in [-0.4, -0.2) is 11.6 Å². The van der Waals surface area contributed by atoms with E-state index in [2.05, 4.69) is 24.3 Å². The molecule has 37 heavy (non-hydrogen) atoms. The van der Waals surface area contributed by atoms with Gasteiger partial charge in [0.1, 0.15) is 5.78 Å². The Balaban J connectivity index is 1.68. The number of rotatable bonds is 3. The quantitative estimate of drug-likeness (QED) is 0.306. The summed E-state index contributed by atoms with van der Waals surface area (Å²) in [5, 5.41) is 0. The smallest absolute Gasteiger partial charge is 0.175 e. The Morgan fingerprint density at radius 2 is 1.14 bits per heavy atom. The van der Waals surface area contributed by atoms with Crippen molar-refractivity contribution < 1.29 is 9.59 Å². The average Bonchev–Trinajstić information content (AvgIpc) is 3.19. The zero-order valence-corrected chi connectivity index (χ0v) is 21.0. The molecular weight excluding hydrogens is 452 g/mol. The molecule has 2 aliphatic rings. The minimum absolute atomic E-state index is 0.00450. The van der Waals surface area contributed by atoms with Gasteiger partial charge in [-0.3, -0.25) is 9.59 Å². The predicted molar refractivity (Wildman–Crippen MR) is 150 cm³/mol. The average molecular weight is 481 g/mol. The molecule has 2 aliphatic carbocycles. The van der Waals surface area contributed by atoms with Gasteiger partial charge in [-0.1, -0.05) is 128 Å². The normalized spacial score (nSPS) is 24.5. The number of benzene rings is 4. The van der Waals surface area contributed by atoms with Gasteiger partial charge in [-0.05, 0) is 45.9 Å². The van der Waals surface area contributed by atoms with E-state index >= 15 is 0 Å². The van der Waals surface area contributed by atoms with Gasteiger partial charge in [-0.15, -0.1) is 0 Å². The molecule has 2 heteroatoms. The number of hydrogen-bond donors (Lipinski definition) is 0. The first-order valence-electron chi connectivity index (χ1n) is 12.8. The van der Waals surface area contributed by atoms with E-state index in [1.165, 1.54) is 0 Å². The van der Waals surface area contributed by atoms with Crippen molar-refractivity contribution in [2.45, 2.75) is 19.3 Å². The van der Waals surface area contributed by atoms with Crippen molar-refractivity contribution in [3.63, 3.8) is 0 Å². The van der Waals surface area contributed by atoms with E-state index in [9.17, 15) is 9.59 Å². The van der Waals surface area contributed by atoms with E-state index in [0.717, 1.165) is 39.0 Å². The Morgan fingerprint density at radius 3 is 1.76 bits per heavy atom. The number of carbonyl (C=O) groups is 2. The maximum Gasteiger partial charge on any atom is 0.175 e. The third kappa shape index (κ3) is 3.55. The lowest BCUT2D eigenvalue weighted by molar-refractivity contribution is -0.129. The number of allylic oxidation sites excluding steroid dienone is 3. The number of Topliss-reactive ketones (excluding diaryl/α,β-unsaturated/α-hetero) is 2. The summed E-state index contributed by atoms with van der Waals surface area (Å²) in [5.41, 5.74) is 6.19. The molecule has 0 fully saturated rings. The third-order valence-corrected chi connectivity index (χ3v) is 7.99. The molecule has 6 rings (SSSR count). The summed E-state index contributed by atoms with van der Waals surface area (Å²) in [6.45, 7) is 3.95. The van der Waals surface area contributed by atoms with Crippen LogP contribution < -0.4 is 0 Å². The van der Waals surface area contributed by atoms with Crippen LogP contribution in [0, 0.1) is 11.8 Å². The topological polar surface area (TPSA) is 34.1 Å². The summed E-state index contributed by atoms with van der Waals surface area (Å²) in [7, 11) is 0. The Morgan fingerprint density at radius 1 is 0.622 bits per heavy atom. The second kappa shape index (κ2) is 8.97. The number of hydrogen-bond acceptors (Lipinski definition) is 2. The van der Waals surface area contributed by atoms with Gasteiger partial charge < -0.3 is 0 Å². The van der Waals surface area contributed by atoms with Crippen molar-refractivity contribution in [2.75, 3.05) is 0 Å². The lowest BCUT2D eigenvalue weighted by Gasteiger charge is -2.36. The van der Waals surface area contributed by atoms with Crippen LogP contribution in [0.2, 0.25) is 0 Å². The van der Waals surface area contributed by atoms with Crippen LogP contribution in [0.1, 0.15) is 41.7 Å². The van der Waals surface area contributed by atoms with Gasteiger partial charge in [0.15, 0.2) is 5.78 Å². The minimum atomic E-state index is -1.04. The summed E-state index contributed by atoms with van der Waals surface area (Å²) in [6, 6.07) is 38.1. The summed E-state index contributed by atoms with van der Waals surface area (Å²) in [6.07, 6.45) is 2.09. The summed E-state index contributed by atoms with van der Waals surface area (Å²) in [4.78, 5) is 29.2. The fourth-order valence-electron chi connectivity index (χ4n) is 6.20. The molecule has 180 valence electrons. The maximum atomic E-state index is 14.7. The maximum absolute atomic E-state index is 14.7. The Kier molecular flexibility index (Phi) is 5.61. The molecule has 0 saturated heterocycles. The standard InChI is InChI=1S/C35H28O2/c1-23-22-28(24-14-6-3-7-15-24)27-20-12-13-21-29(27)35(2)32(33(23)36)30(25-16-8-4-9-17-25)31(34(35)37)26-18-10-5-11-19-26/h3-23,32H,1-2H3/b28-22-/t23-,32+,35-/m1/s1. The Bertz CT molecular complexity index is 1560. The summed E-state index contributed by atoms with van der Waals surface area (Å²) < 4.78 is 0. The fourth-order valence-corrected chi connectivity index (χ4v) is 6.20. The second-order valence-corrected chi connectivity index (χ2v) is 10.2. The second-order valence-electron chi connectivity index (χ2n) is 10.2. The number of ketones is 2. The zero-order chi connectivity index (χ0) is 25.6. The van der Waals surface area contributed by atoms with Crippen LogP contribution in [0.15, 0.2) is 121 Å². The monoisotopic (exact) mass is 480 g/mol. The van der Waals surface area contributed by atoms with Crippen LogP contribution in [-0.2, 0) is 15.0 Å². The van der Waals surface area contributed by atoms with Gasteiger partial charge >= 0.3 is 0 Å². The number of fused-ring (bicyclic) bond motifs is 3. The zero-order valence-electron chi connectivity index (χ0n) is 21.0. The SMILES string of the molecule is C[C@@H]1/C=C(/c2ccccc2)c2ccccc2[C@@]2(C)C(=O)C(c3ccccc3)=C(c3ccccc3)[C@H]2C1=O. The Hall–Kier alpha value is -4.30. The first-order valence-corrected chi connectivity index (χ1v) is 12.8. The molecule has 4 aromatic rings. The highest BCUT2D eigenvalue weighted by Gasteiger charge is 2.57. The van der Waals surface area contributed by atoms with Crippen LogP contribution >= 0.6 is 0 Å². The molecule has 2 nitrogen and oxygen atoms in total. The molecule has 0 aromatic heterocycles. The molecule has 3 atom stereocenters. The molecule has 0 bridgehead atoms. The molecule has 0 spiro atoms. The van der Waals surface area contributed by atoms with Crippen molar-refractivity contribution >= 4 is 28.3 Å². The third-order valence-electron chi connectivity index (χ3n) is 7.99. The van der Waals surface area contributed by atoms with Crippen LogP contribution in [0.25, 0.3) is 16.7 Å². The van der Waals surface area contributed by atoms with Gasteiger partial charge in [0, 0.05) is 11.5 Å². The van der Waals surface area contributed by atoms with Crippen LogP contribution in [0.4, 0.5) is 0 Å². The molecule has 0 N–H and O–H groups in total. The van der Waals surface area contributed by atoms with Gasteiger partial charge in [0.25, 0.3) is 0 Å². The molecule has 0 saturated carbocycles. The molecule has 0 heterocycles. The lowest BCUT2D eigenvalue weighted by Crippen LogP contribution is -2.43. The van der Waals surface area contributed by atoms with E-state index in [1.54, 1.807) is 0 Å². The van der Waals surface area contributed by atoms with Gasteiger partial charge in [0.2, 0.25) is 0 Å². The molecule has 0 unspecified atom stereocenters. The molecule has 0 amide bonds. The van der Waals surface area contributed by atoms with Crippen molar-refractivity contribution in [3.05, 3.63) is 149 Å². The largest absolute Gasteiger partial charge is 0.298 e. The van der Waals surface area contributed by atoms with E-state index in [1.807, 2.05) is 111 Å². The molecule has 0 radical (unpaired) electrons. The molecular formula is C35H28O2. The first-order chi connectivity index (χ1) is 18.0. The van der Waals surface area contributed by atoms with Crippen molar-refractivity contribution in [2.24, 2.45) is 11.8 Å². The summed E-state index contributed by atoms with van der Waals surface area (Å²) in [5.74, 6) is -0.884. The fraction of sp³-hybridized carbons (Fsp3) is 0.143. The van der Waals surface area contributed by atoms with Crippen molar-refractivity contribution in [1.82, 2.24) is 0 Å². The first kappa shape index (κ1) is 23.1. The van der Waals surface area contributed by atoms with E-state index < -0.39 is 11.3 Å². The lowest BCUT2D eigenvalue weighted by atomic mass is 9.63. The Labute approximate surface area is 218 Å². The van der Waals surface area contributed by atoms with Gasteiger partial charge in [0.05, 0.1) is 11.3 Å². The predicted octanol–water partition coefficient (Wildman–Crippen LogP) is 7.40. The van der Waals surface area contributed by atoms with Crippen LogP contribution in [0.5, 0.6) is 0 Å². The van der Waals surface area contributed by atoms with Crippen LogP contribution in [0.3, 0.4) is 0 Å². The number of carbonyl (C=O) groups excluding carboxylic acids is 2. The summed E-state index contributed by atoms with van der Waals surface area (Å²) >= 11 is 0. The molecule has 0 aliphatic heterocycles. The van der Waals surface area contributed by atoms with Gasteiger partial charge in [-0.2, -0.15) is 0 Å². The van der Waals surface area contributed by atoms with E-state index in [-0.39, 0.29) is 17.5 Å². The van der Waals surface area contributed by atoms with Gasteiger partial charge in [-0.25, -0.2) is 0 Å². The molecule has 4 aromatic carbocycles. The highest BCUT2D eigenvalue weighted by atomic mass is 16.1.